The van der Waals surface area contributed by atoms with E-state index >= 15 is 0 Å². The molecule has 0 unspecified atom stereocenters. The minimum atomic E-state index is 0.137. The van der Waals surface area contributed by atoms with Crippen LogP contribution in [0.3, 0.4) is 0 Å². The Morgan fingerprint density at radius 3 is 2.36 bits per heavy atom. The summed E-state index contributed by atoms with van der Waals surface area (Å²) in [5.41, 5.74) is 0. The molecule has 14 heavy (non-hydrogen) atoms. The zero-order valence-corrected chi connectivity index (χ0v) is 8.55. The van der Waals surface area contributed by atoms with Crippen molar-refractivity contribution >= 4 is 23.2 Å². The van der Waals surface area contributed by atoms with E-state index in [-0.39, 0.29) is 10.2 Å². The maximum absolute atomic E-state index is 5.81. The summed E-state index contributed by atoms with van der Waals surface area (Å²) in [6.45, 7) is 0. The molecule has 0 amide bonds. The standard InChI is InChI=1S/C10H6Cl2O2/c11-9-8(6-13-10(9)12)14-7-4-2-1-3-5-7/h1-6H. The molecule has 0 N–H and O–H groups in total. The van der Waals surface area contributed by atoms with Gasteiger partial charge in [0.1, 0.15) is 17.0 Å². The van der Waals surface area contributed by atoms with Crippen LogP contribution in [0.2, 0.25) is 10.2 Å². The Kier molecular flexibility index (Phi) is 2.66. The van der Waals surface area contributed by atoms with E-state index in [1.54, 1.807) is 0 Å². The molecule has 2 rings (SSSR count). The monoisotopic (exact) mass is 228 g/mol. The first kappa shape index (κ1) is 9.44. The van der Waals surface area contributed by atoms with E-state index in [1.807, 2.05) is 30.3 Å². The van der Waals surface area contributed by atoms with Gasteiger partial charge in [0.25, 0.3) is 0 Å². The van der Waals surface area contributed by atoms with Gasteiger partial charge in [0.2, 0.25) is 5.22 Å². The second-order valence-electron chi connectivity index (χ2n) is 2.60. The second-order valence-corrected chi connectivity index (χ2v) is 3.32. The van der Waals surface area contributed by atoms with Gasteiger partial charge in [0.05, 0.1) is 0 Å². The van der Waals surface area contributed by atoms with Gasteiger partial charge in [-0.1, -0.05) is 29.8 Å². The molecule has 0 fully saturated rings. The fraction of sp³-hybridized carbons (Fsp3) is 0. The quantitative estimate of drug-likeness (QED) is 0.762. The van der Waals surface area contributed by atoms with Crippen LogP contribution in [0, 0.1) is 0 Å². The first-order valence-electron chi connectivity index (χ1n) is 3.93. The Morgan fingerprint density at radius 1 is 1.07 bits per heavy atom. The molecule has 0 spiro atoms. The third-order valence-corrected chi connectivity index (χ3v) is 2.36. The zero-order valence-electron chi connectivity index (χ0n) is 7.04. The molecule has 0 bridgehead atoms. The molecule has 4 heteroatoms. The maximum atomic E-state index is 5.81. The molecule has 72 valence electrons. The van der Waals surface area contributed by atoms with Gasteiger partial charge in [0, 0.05) is 0 Å². The van der Waals surface area contributed by atoms with E-state index in [0.717, 1.165) is 0 Å². The number of para-hydroxylation sites is 1. The van der Waals surface area contributed by atoms with Crippen LogP contribution in [0.1, 0.15) is 0 Å². The van der Waals surface area contributed by atoms with Gasteiger partial charge in [-0.15, -0.1) is 0 Å². The molecule has 0 saturated heterocycles. The van der Waals surface area contributed by atoms with Crippen LogP contribution >= 0.6 is 23.2 Å². The van der Waals surface area contributed by atoms with E-state index < -0.39 is 0 Å². The van der Waals surface area contributed by atoms with E-state index in [1.165, 1.54) is 6.26 Å². The van der Waals surface area contributed by atoms with Gasteiger partial charge in [-0.3, -0.25) is 0 Å². The van der Waals surface area contributed by atoms with Crippen molar-refractivity contribution in [2.45, 2.75) is 0 Å². The molecule has 0 radical (unpaired) electrons. The predicted molar refractivity (Wildman–Crippen MR) is 55.2 cm³/mol. The summed E-state index contributed by atoms with van der Waals surface area (Å²) in [6, 6.07) is 9.27. The zero-order chi connectivity index (χ0) is 9.97. The SMILES string of the molecule is Clc1occ(Oc2ccccc2)c1Cl. The molecule has 2 aromatic rings. The number of furan rings is 1. The van der Waals surface area contributed by atoms with Crippen LogP contribution in [0.15, 0.2) is 41.0 Å². The topological polar surface area (TPSA) is 22.4 Å². The first-order chi connectivity index (χ1) is 6.77. The molecular formula is C10H6Cl2O2. The second kappa shape index (κ2) is 3.95. The number of rotatable bonds is 2. The lowest BCUT2D eigenvalue weighted by Crippen LogP contribution is -1.80. The highest BCUT2D eigenvalue weighted by molar-refractivity contribution is 6.41. The van der Waals surface area contributed by atoms with Crippen LogP contribution in [0.4, 0.5) is 0 Å². The molecule has 1 aromatic heterocycles. The molecule has 2 nitrogen and oxygen atoms in total. The highest BCUT2D eigenvalue weighted by atomic mass is 35.5. The molecular weight excluding hydrogens is 223 g/mol. The number of hydrogen-bond donors (Lipinski definition) is 0. The van der Waals surface area contributed by atoms with Gasteiger partial charge >= 0.3 is 0 Å². The average Bonchev–Trinajstić information content (AvgIpc) is 2.52. The minimum Gasteiger partial charge on any atom is -0.452 e. The molecule has 1 aromatic carbocycles. The van der Waals surface area contributed by atoms with Crippen molar-refractivity contribution in [1.29, 1.82) is 0 Å². The van der Waals surface area contributed by atoms with Crippen molar-refractivity contribution in [3.8, 4) is 11.5 Å². The molecule has 0 aliphatic heterocycles. The lowest BCUT2D eigenvalue weighted by atomic mass is 10.3. The summed E-state index contributed by atoms with van der Waals surface area (Å²) in [6.07, 6.45) is 1.37. The molecule has 0 aliphatic carbocycles. The molecule has 0 atom stereocenters. The summed E-state index contributed by atoms with van der Waals surface area (Å²) in [7, 11) is 0. The Balaban J connectivity index is 2.23. The minimum absolute atomic E-state index is 0.137. The van der Waals surface area contributed by atoms with Crippen molar-refractivity contribution in [2.24, 2.45) is 0 Å². The van der Waals surface area contributed by atoms with E-state index in [9.17, 15) is 0 Å². The number of ether oxygens (including phenoxy) is 1. The van der Waals surface area contributed by atoms with Crippen molar-refractivity contribution in [2.75, 3.05) is 0 Å². The van der Waals surface area contributed by atoms with Crippen LogP contribution in [-0.4, -0.2) is 0 Å². The lowest BCUT2D eigenvalue weighted by Gasteiger charge is -2.01. The maximum Gasteiger partial charge on any atom is 0.215 e. The summed E-state index contributed by atoms with van der Waals surface area (Å²) in [5.74, 6) is 1.11. The van der Waals surface area contributed by atoms with Crippen LogP contribution in [-0.2, 0) is 0 Å². The fourth-order valence-corrected chi connectivity index (χ4v) is 1.26. The molecule has 1 heterocycles. The van der Waals surface area contributed by atoms with E-state index in [4.69, 9.17) is 32.4 Å². The van der Waals surface area contributed by atoms with Gasteiger partial charge in [-0.2, -0.15) is 0 Å². The number of hydrogen-bond acceptors (Lipinski definition) is 2. The molecule has 0 aliphatic rings. The Morgan fingerprint density at radius 2 is 1.79 bits per heavy atom. The highest BCUT2D eigenvalue weighted by Gasteiger charge is 2.11. The highest BCUT2D eigenvalue weighted by Crippen LogP contribution is 2.36. The summed E-state index contributed by atoms with van der Waals surface area (Å²) in [5, 5.41) is 0.424. The van der Waals surface area contributed by atoms with Crippen LogP contribution < -0.4 is 4.74 Å². The van der Waals surface area contributed by atoms with Crippen molar-refractivity contribution < 1.29 is 9.15 Å². The van der Waals surface area contributed by atoms with Gasteiger partial charge in [-0.25, -0.2) is 0 Å². The average molecular weight is 229 g/mol. The van der Waals surface area contributed by atoms with E-state index in [2.05, 4.69) is 0 Å². The lowest BCUT2D eigenvalue weighted by molar-refractivity contribution is 0.466. The Bertz CT molecular complexity index is 423. The summed E-state index contributed by atoms with van der Waals surface area (Å²) in [4.78, 5) is 0. The third kappa shape index (κ3) is 1.86. The Labute approximate surface area is 91.0 Å². The predicted octanol–water partition coefficient (Wildman–Crippen LogP) is 4.38. The largest absolute Gasteiger partial charge is 0.452 e. The van der Waals surface area contributed by atoms with Crippen molar-refractivity contribution in [3.63, 3.8) is 0 Å². The van der Waals surface area contributed by atoms with Crippen LogP contribution in [0.5, 0.6) is 11.5 Å². The van der Waals surface area contributed by atoms with Gasteiger partial charge in [-0.05, 0) is 23.7 Å². The van der Waals surface area contributed by atoms with Gasteiger partial charge in [0.15, 0.2) is 5.75 Å². The summed E-state index contributed by atoms with van der Waals surface area (Å²) < 4.78 is 10.3. The molecule has 0 saturated carbocycles. The van der Waals surface area contributed by atoms with Crippen LogP contribution in [0.25, 0.3) is 0 Å². The smallest absolute Gasteiger partial charge is 0.215 e. The van der Waals surface area contributed by atoms with Crippen molar-refractivity contribution in [3.05, 3.63) is 46.8 Å². The fourth-order valence-electron chi connectivity index (χ4n) is 0.990. The first-order valence-corrected chi connectivity index (χ1v) is 4.68. The van der Waals surface area contributed by atoms with E-state index in [0.29, 0.717) is 11.5 Å². The summed E-state index contributed by atoms with van der Waals surface area (Å²) >= 11 is 11.4. The third-order valence-electron chi connectivity index (χ3n) is 1.63. The van der Waals surface area contributed by atoms with Gasteiger partial charge < -0.3 is 9.15 Å². The normalized spacial score (nSPS) is 10.1. The number of benzene rings is 1. The number of halogens is 2. The van der Waals surface area contributed by atoms with Crippen molar-refractivity contribution in [1.82, 2.24) is 0 Å². The Hall–Kier alpha value is -1.12.